The van der Waals surface area contributed by atoms with Crippen LogP contribution in [-0.2, 0) is 0 Å². The number of aliphatic hydroxyl groups is 1. The van der Waals surface area contributed by atoms with E-state index in [1.165, 1.54) is 0 Å². The molecule has 3 heteroatoms. The Hall–Kier alpha value is 0.120. The lowest BCUT2D eigenvalue weighted by atomic mass is 10.5. The van der Waals surface area contributed by atoms with Crippen LogP contribution < -0.4 is 0 Å². The number of allylic oxidation sites excluding steroid dienone is 1. The zero-order valence-corrected chi connectivity index (χ0v) is 5.42. The summed E-state index contributed by atoms with van der Waals surface area (Å²) in [7, 11) is 0. The highest BCUT2D eigenvalue weighted by atomic mass is 35.5. The Balaban J connectivity index is 3.72. The first-order valence-corrected chi connectivity index (χ1v) is 2.67. The molecule has 0 aromatic rings. The first-order chi connectivity index (χ1) is 3.18. The van der Waals surface area contributed by atoms with Crippen molar-refractivity contribution in [3.05, 3.63) is 10.3 Å². The Kier molecular flexibility index (Phi) is 3.22. The van der Waals surface area contributed by atoms with Crippen LogP contribution in [0.25, 0.3) is 0 Å². The predicted molar refractivity (Wildman–Crippen MR) is 31.7 cm³/mol. The fraction of sp³-hybridized carbons (Fsp3) is 0.500. The Bertz CT molecular complexity index is 83.7. The highest BCUT2D eigenvalue weighted by Gasteiger charge is 1.92. The lowest BCUT2D eigenvalue weighted by Crippen LogP contribution is -1.70. The molecule has 1 nitrogen and oxygen atoms in total. The van der Waals surface area contributed by atoms with Gasteiger partial charge in [0, 0.05) is 0 Å². The first-order valence-electron chi connectivity index (χ1n) is 1.91. The quantitative estimate of drug-likeness (QED) is 0.556. The molecule has 1 N–H and O–H groups in total. The van der Waals surface area contributed by atoms with Gasteiger partial charge in [-0.1, -0.05) is 18.5 Å². The van der Waals surface area contributed by atoms with Crippen LogP contribution in [0.1, 0.15) is 13.3 Å². The Morgan fingerprint density at radius 1 is 1.57 bits per heavy atom. The van der Waals surface area contributed by atoms with Crippen LogP contribution in [-0.4, -0.2) is 5.11 Å². The molecule has 0 rings (SSSR count). The van der Waals surface area contributed by atoms with Gasteiger partial charge < -0.3 is 5.11 Å². The predicted octanol–water partition coefficient (Wildman–Crippen LogP) is 2.60. The smallest absolute Gasteiger partial charge is 0.199 e. The van der Waals surface area contributed by atoms with Crippen LogP contribution in [0, 0.1) is 0 Å². The van der Waals surface area contributed by atoms with E-state index in [0.29, 0.717) is 11.5 Å². The van der Waals surface area contributed by atoms with Gasteiger partial charge in [-0.25, -0.2) is 0 Å². The van der Waals surface area contributed by atoms with Crippen molar-refractivity contribution in [2.75, 3.05) is 0 Å². The maximum Gasteiger partial charge on any atom is 0.199 e. The van der Waals surface area contributed by atoms with Crippen LogP contribution >= 0.6 is 23.2 Å². The first kappa shape index (κ1) is 7.12. The van der Waals surface area contributed by atoms with Crippen molar-refractivity contribution < 1.29 is 5.11 Å². The largest absolute Gasteiger partial charge is 0.498 e. The normalized spacial score (nSPS) is 13.6. The molecule has 0 aromatic heterocycles. The summed E-state index contributed by atoms with van der Waals surface area (Å²) in [6.45, 7) is 1.81. The molecule has 0 aromatic carbocycles. The molecular weight excluding hydrogens is 135 g/mol. The second-order valence-corrected chi connectivity index (χ2v) is 1.86. The molecule has 0 bridgehead atoms. The maximum absolute atomic E-state index is 8.33. The minimum absolute atomic E-state index is 0.302. The minimum atomic E-state index is -0.302. The van der Waals surface area contributed by atoms with Gasteiger partial charge in [-0.2, -0.15) is 0 Å². The van der Waals surface area contributed by atoms with E-state index in [4.69, 9.17) is 28.3 Å². The highest BCUT2D eigenvalue weighted by molar-refractivity contribution is 6.38. The van der Waals surface area contributed by atoms with Crippen LogP contribution in [0.2, 0.25) is 0 Å². The van der Waals surface area contributed by atoms with Gasteiger partial charge in [-0.3, -0.25) is 0 Å². The molecule has 0 radical (unpaired) electrons. The van der Waals surface area contributed by atoms with Gasteiger partial charge in [0.2, 0.25) is 0 Å². The Morgan fingerprint density at radius 3 is 2.00 bits per heavy atom. The van der Waals surface area contributed by atoms with Gasteiger partial charge in [0.05, 0.1) is 5.03 Å². The molecule has 0 aliphatic rings. The number of aliphatic hydroxyl groups excluding tert-OH is 1. The number of hydrogen-bond donors (Lipinski definition) is 1. The minimum Gasteiger partial charge on any atom is -0.498 e. The van der Waals surface area contributed by atoms with Crippen LogP contribution in [0.15, 0.2) is 10.3 Å². The van der Waals surface area contributed by atoms with E-state index < -0.39 is 0 Å². The van der Waals surface area contributed by atoms with E-state index in [9.17, 15) is 0 Å². The summed E-state index contributed by atoms with van der Waals surface area (Å²) < 4.78 is 0. The molecule has 0 fully saturated rings. The van der Waals surface area contributed by atoms with E-state index in [-0.39, 0.29) is 5.22 Å². The van der Waals surface area contributed by atoms with Crippen LogP contribution in [0.3, 0.4) is 0 Å². The molecule has 0 unspecified atom stereocenters. The zero-order chi connectivity index (χ0) is 5.86. The van der Waals surface area contributed by atoms with Gasteiger partial charge in [-0.15, -0.1) is 0 Å². The lowest BCUT2D eigenvalue weighted by molar-refractivity contribution is 0.448. The number of hydrogen-bond acceptors (Lipinski definition) is 1. The zero-order valence-electron chi connectivity index (χ0n) is 3.91. The van der Waals surface area contributed by atoms with Crippen LogP contribution in [0.4, 0.5) is 0 Å². The van der Waals surface area contributed by atoms with E-state index in [0.717, 1.165) is 0 Å². The third kappa shape index (κ3) is 2.77. The molecule has 0 saturated heterocycles. The van der Waals surface area contributed by atoms with Crippen molar-refractivity contribution in [2.45, 2.75) is 13.3 Å². The third-order valence-electron chi connectivity index (χ3n) is 0.534. The van der Waals surface area contributed by atoms with E-state index >= 15 is 0 Å². The van der Waals surface area contributed by atoms with E-state index in [1.54, 1.807) is 6.92 Å². The molecule has 0 atom stereocenters. The lowest BCUT2D eigenvalue weighted by Gasteiger charge is -1.87. The molecule has 0 amide bonds. The molecule has 0 spiro atoms. The third-order valence-corrected chi connectivity index (χ3v) is 1.31. The summed E-state index contributed by atoms with van der Waals surface area (Å²) in [5, 5.41) is 8.34. The van der Waals surface area contributed by atoms with Crippen LogP contribution in [0.5, 0.6) is 0 Å². The molecule has 7 heavy (non-hydrogen) atoms. The second-order valence-electron chi connectivity index (χ2n) is 1.05. The standard InChI is InChI=1S/C4H6Cl2O/c1-2-3(5)4(6)7/h7H,2H2,1H3/b4-3-. The van der Waals surface area contributed by atoms with Crippen molar-refractivity contribution in [3.63, 3.8) is 0 Å². The number of rotatable bonds is 1. The summed E-state index contributed by atoms with van der Waals surface area (Å²) in [5.74, 6) is 0. The SMILES string of the molecule is CC/C(Cl)=C(/O)Cl. The molecule has 0 aliphatic carbocycles. The van der Waals surface area contributed by atoms with Crippen molar-refractivity contribution >= 4 is 23.2 Å². The van der Waals surface area contributed by atoms with Gasteiger partial charge in [-0.05, 0) is 18.0 Å². The summed E-state index contributed by atoms with van der Waals surface area (Å²) in [6, 6.07) is 0. The van der Waals surface area contributed by atoms with Gasteiger partial charge in [0.15, 0.2) is 5.22 Å². The molecule has 0 saturated carbocycles. The fourth-order valence-corrected chi connectivity index (χ4v) is 0.280. The van der Waals surface area contributed by atoms with Gasteiger partial charge in [0.25, 0.3) is 0 Å². The van der Waals surface area contributed by atoms with E-state index in [1.807, 2.05) is 0 Å². The van der Waals surface area contributed by atoms with Crippen molar-refractivity contribution in [1.82, 2.24) is 0 Å². The summed E-state index contributed by atoms with van der Waals surface area (Å²) >= 11 is 10.3. The molecule has 0 heterocycles. The van der Waals surface area contributed by atoms with Gasteiger partial charge >= 0.3 is 0 Å². The Labute approximate surface area is 52.5 Å². The highest BCUT2D eigenvalue weighted by Crippen LogP contribution is 2.12. The summed E-state index contributed by atoms with van der Waals surface area (Å²) in [6.07, 6.45) is 0.580. The molecule has 0 aliphatic heterocycles. The maximum atomic E-state index is 8.33. The summed E-state index contributed by atoms with van der Waals surface area (Å²) in [5.41, 5.74) is 0. The monoisotopic (exact) mass is 140 g/mol. The fourth-order valence-electron chi connectivity index (χ4n) is 0.146. The number of halogens is 2. The average Bonchev–Trinajstić information content (AvgIpc) is 1.65. The molecular formula is C4H6Cl2O. The molecule has 42 valence electrons. The summed E-state index contributed by atoms with van der Waals surface area (Å²) in [4.78, 5) is 0. The van der Waals surface area contributed by atoms with Crippen molar-refractivity contribution in [1.29, 1.82) is 0 Å². The van der Waals surface area contributed by atoms with E-state index in [2.05, 4.69) is 0 Å². The van der Waals surface area contributed by atoms with Crippen molar-refractivity contribution in [3.8, 4) is 0 Å². The van der Waals surface area contributed by atoms with Gasteiger partial charge in [0.1, 0.15) is 0 Å². The second kappa shape index (κ2) is 3.16. The Morgan fingerprint density at radius 2 is 2.00 bits per heavy atom. The average molecular weight is 141 g/mol. The van der Waals surface area contributed by atoms with Crippen molar-refractivity contribution in [2.24, 2.45) is 0 Å². The topological polar surface area (TPSA) is 20.2 Å².